The average molecular weight is 493 g/mol. The largest absolute Gasteiger partial charge is 0.494 e. The van der Waals surface area contributed by atoms with Crippen LogP contribution in [0.15, 0.2) is 89.7 Å². The Balaban J connectivity index is 1.49. The topological polar surface area (TPSA) is 73.6 Å². The lowest BCUT2D eigenvalue weighted by Gasteiger charge is -2.12. The molecule has 0 radical (unpaired) electrons. The van der Waals surface area contributed by atoms with E-state index in [1.807, 2.05) is 87.5 Å². The summed E-state index contributed by atoms with van der Waals surface area (Å²) in [5, 5.41) is 4.88. The molecule has 0 fully saturated rings. The number of nitrogens with zero attached hydrogens (tertiary/aromatic N) is 1. The minimum atomic E-state index is -0.239. The molecule has 5 aromatic rings. The van der Waals surface area contributed by atoms with Gasteiger partial charge in [0.2, 0.25) is 5.91 Å². The number of anilines is 1. The molecule has 3 aromatic carbocycles. The summed E-state index contributed by atoms with van der Waals surface area (Å²) < 4.78 is 17.4. The number of carbonyl (C=O) groups is 1. The van der Waals surface area contributed by atoms with Crippen molar-refractivity contribution >= 4 is 39.0 Å². The fourth-order valence-electron chi connectivity index (χ4n) is 4.41. The van der Waals surface area contributed by atoms with E-state index in [0.29, 0.717) is 24.7 Å². The summed E-state index contributed by atoms with van der Waals surface area (Å²) in [6.07, 6.45) is 5.05. The van der Waals surface area contributed by atoms with E-state index in [1.54, 1.807) is 18.5 Å². The number of fused-ring (bicyclic) bond motifs is 2. The molecule has 37 heavy (non-hydrogen) atoms. The van der Waals surface area contributed by atoms with Crippen molar-refractivity contribution in [2.75, 3.05) is 18.5 Å². The number of carbonyl (C=O) groups excluding carboxylic acids is 1. The van der Waals surface area contributed by atoms with E-state index in [0.717, 1.165) is 49.9 Å². The van der Waals surface area contributed by atoms with Gasteiger partial charge in [0.25, 0.3) is 0 Å². The van der Waals surface area contributed by atoms with E-state index in [2.05, 4.69) is 10.3 Å². The molecule has 1 amide bonds. The van der Waals surface area contributed by atoms with Crippen molar-refractivity contribution in [2.45, 2.75) is 20.8 Å². The van der Waals surface area contributed by atoms with Gasteiger partial charge in [0, 0.05) is 40.2 Å². The highest BCUT2D eigenvalue weighted by Crippen LogP contribution is 2.38. The standard InChI is InChI=1S/C31H28N2O4/c1-4-35-23-13-11-21(12-14-23)26-19-37-29-18-28(36-5-2)24(17-25(26)29)20(3)16-30(34)33-27-10-6-8-22-9-7-15-32-31(22)27/h6-19H,4-5H2,1-3H3,(H,33,34)/b20-16+. The first-order chi connectivity index (χ1) is 18.1. The second-order valence-electron chi connectivity index (χ2n) is 8.58. The summed E-state index contributed by atoms with van der Waals surface area (Å²) in [6, 6.07) is 21.4. The van der Waals surface area contributed by atoms with Crippen LogP contribution >= 0.6 is 0 Å². The molecule has 6 heteroatoms. The minimum Gasteiger partial charge on any atom is -0.494 e. The zero-order chi connectivity index (χ0) is 25.8. The van der Waals surface area contributed by atoms with Crippen LogP contribution in [0.25, 0.3) is 38.6 Å². The van der Waals surface area contributed by atoms with Gasteiger partial charge in [-0.05, 0) is 62.2 Å². The van der Waals surface area contributed by atoms with Gasteiger partial charge >= 0.3 is 0 Å². The maximum Gasteiger partial charge on any atom is 0.248 e. The Kier molecular flexibility index (Phi) is 6.90. The van der Waals surface area contributed by atoms with Crippen LogP contribution in [-0.2, 0) is 4.79 Å². The van der Waals surface area contributed by atoms with Gasteiger partial charge in [-0.3, -0.25) is 9.78 Å². The zero-order valence-electron chi connectivity index (χ0n) is 21.1. The SMILES string of the molecule is CCOc1ccc(-c2coc3cc(OCC)c(/C(C)=C/C(=O)Nc4cccc5cccnc45)cc23)cc1. The average Bonchev–Trinajstić information content (AvgIpc) is 3.32. The molecule has 0 unspecified atom stereocenters. The lowest BCUT2D eigenvalue weighted by atomic mass is 9.99. The van der Waals surface area contributed by atoms with Gasteiger partial charge in [-0.1, -0.05) is 30.3 Å². The van der Waals surface area contributed by atoms with Crippen molar-refractivity contribution in [3.63, 3.8) is 0 Å². The summed E-state index contributed by atoms with van der Waals surface area (Å²) in [5.41, 5.74) is 5.71. The van der Waals surface area contributed by atoms with Gasteiger partial charge in [0.1, 0.15) is 17.1 Å². The van der Waals surface area contributed by atoms with Crippen LogP contribution in [0.4, 0.5) is 5.69 Å². The first-order valence-corrected chi connectivity index (χ1v) is 12.3. The highest BCUT2D eigenvalue weighted by atomic mass is 16.5. The van der Waals surface area contributed by atoms with Gasteiger partial charge < -0.3 is 19.2 Å². The molecule has 0 aliphatic heterocycles. The molecule has 0 saturated heterocycles. The predicted molar refractivity (Wildman–Crippen MR) is 148 cm³/mol. The van der Waals surface area contributed by atoms with Gasteiger partial charge in [0.05, 0.1) is 30.7 Å². The molecule has 0 saturated carbocycles. The number of furan rings is 1. The number of benzene rings is 3. The molecule has 2 heterocycles. The summed E-state index contributed by atoms with van der Waals surface area (Å²) >= 11 is 0. The van der Waals surface area contributed by atoms with E-state index in [-0.39, 0.29) is 5.91 Å². The molecule has 186 valence electrons. The van der Waals surface area contributed by atoms with Crippen molar-refractivity contribution in [3.05, 3.63) is 90.8 Å². The highest BCUT2D eigenvalue weighted by molar-refractivity contribution is 6.08. The van der Waals surface area contributed by atoms with Crippen LogP contribution in [0.3, 0.4) is 0 Å². The van der Waals surface area contributed by atoms with E-state index in [9.17, 15) is 4.79 Å². The molecule has 6 nitrogen and oxygen atoms in total. The lowest BCUT2D eigenvalue weighted by molar-refractivity contribution is -0.111. The number of hydrogen-bond donors (Lipinski definition) is 1. The molecule has 2 aromatic heterocycles. The summed E-state index contributed by atoms with van der Waals surface area (Å²) in [5.74, 6) is 1.25. The van der Waals surface area contributed by atoms with Gasteiger partial charge in [-0.2, -0.15) is 0 Å². The summed E-state index contributed by atoms with van der Waals surface area (Å²) in [6.45, 7) is 6.91. The van der Waals surface area contributed by atoms with E-state index >= 15 is 0 Å². The van der Waals surface area contributed by atoms with Gasteiger partial charge in [-0.15, -0.1) is 0 Å². The Morgan fingerprint density at radius 1 is 1.00 bits per heavy atom. The van der Waals surface area contributed by atoms with Crippen LogP contribution in [0.2, 0.25) is 0 Å². The monoisotopic (exact) mass is 492 g/mol. The fraction of sp³-hybridized carbons (Fsp3) is 0.161. The molecule has 0 spiro atoms. The lowest BCUT2D eigenvalue weighted by Crippen LogP contribution is -2.09. The number of nitrogens with one attached hydrogen (secondary N) is 1. The first kappa shape index (κ1) is 24.1. The van der Waals surface area contributed by atoms with Crippen LogP contribution in [-0.4, -0.2) is 24.1 Å². The maximum atomic E-state index is 13.0. The third-order valence-electron chi connectivity index (χ3n) is 6.11. The van der Waals surface area contributed by atoms with Crippen molar-refractivity contribution < 1.29 is 18.7 Å². The van der Waals surface area contributed by atoms with Crippen LogP contribution < -0.4 is 14.8 Å². The van der Waals surface area contributed by atoms with Crippen molar-refractivity contribution in [2.24, 2.45) is 0 Å². The van der Waals surface area contributed by atoms with Crippen LogP contribution in [0.5, 0.6) is 11.5 Å². The molecule has 0 bridgehead atoms. The van der Waals surface area contributed by atoms with Crippen LogP contribution in [0, 0.1) is 0 Å². The molecule has 0 aliphatic carbocycles. The minimum absolute atomic E-state index is 0.239. The highest BCUT2D eigenvalue weighted by Gasteiger charge is 2.16. The fourth-order valence-corrected chi connectivity index (χ4v) is 4.41. The van der Waals surface area contributed by atoms with Crippen molar-refractivity contribution in [1.82, 2.24) is 4.98 Å². The zero-order valence-corrected chi connectivity index (χ0v) is 21.1. The van der Waals surface area contributed by atoms with E-state index in [1.165, 1.54) is 0 Å². The van der Waals surface area contributed by atoms with Gasteiger partial charge in [0.15, 0.2) is 0 Å². The number of aromatic nitrogens is 1. The van der Waals surface area contributed by atoms with Crippen molar-refractivity contribution in [1.29, 1.82) is 0 Å². The number of amides is 1. The van der Waals surface area contributed by atoms with Gasteiger partial charge in [-0.25, -0.2) is 0 Å². The van der Waals surface area contributed by atoms with E-state index < -0.39 is 0 Å². The molecule has 0 aliphatic rings. The van der Waals surface area contributed by atoms with Crippen LogP contribution in [0.1, 0.15) is 26.3 Å². The predicted octanol–water partition coefficient (Wildman–Crippen LogP) is 7.49. The number of hydrogen-bond acceptors (Lipinski definition) is 5. The maximum absolute atomic E-state index is 13.0. The number of ether oxygens (including phenoxy) is 2. The molecular weight excluding hydrogens is 464 g/mol. The normalized spacial score (nSPS) is 11.6. The van der Waals surface area contributed by atoms with E-state index in [4.69, 9.17) is 13.9 Å². The Bertz CT molecular complexity index is 1590. The third-order valence-corrected chi connectivity index (χ3v) is 6.11. The third kappa shape index (κ3) is 5.05. The molecule has 0 atom stereocenters. The number of para-hydroxylation sites is 1. The Hall–Kier alpha value is -4.58. The van der Waals surface area contributed by atoms with Crippen molar-refractivity contribution in [3.8, 4) is 22.6 Å². The number of rotatable bonds is 8. The quantitative estimate of drug-likeness (QED) is 0.227. The molecular formula is C31H28N2O4. The Labute approximate surface area is 215 Å². The second kappa shape index (κ2) is 10.6. The smallest absolute Gasteiger partial charge is 0.248 e. The molecule has 5 rings (SSSR count). The first-order valence-electron chi connectivity index (χ1n) is 12.3. The summed E-state index contributed by atoms with van der Waals surface area (Å²) in [4.78, 5) is 17.4. The Morgan fingerprint density at radius 2 is 1.78 bits per heavy atom. The molecule has 1 N–H and O–H groups in total. The summed E-state index contributed by atoms with van der Waals surface area (Å²) in [7, 11) is 0. The number of allylic oxidation sites excluding steroid dienone is 1. The Morgan fingerprint density at radius 3 is 2.57 bits per heavy atom. The number of pyridine rings is 1. The second-order valence-corrected chi connectivity index (χ2v) is 8.58.